The van der Waals surface area contributed by atoms with Crippen LogP contribution >= 0.6 is 11.3 Å². The fourth-order valence-corrected chi connectivity index (χ4v) is 1.66. The molecule has 0 unspecified atom stereocenters. The van der Waals surface area contributed by atoms with Crippen LogP contribution in [0.5, 0.6) is 0 Å². The predicted molar refractivity (Wildman–Crippen MR) is 60.9 cm³/mol. The van der Waals surface area contributed by atoms with Crippen LogP contribution in [0.15, 0.2) is 35.8 Å². The molecule has 15 heavy (non-hydrogen) atoms. The summed E-state index contributed by atoms with van der Waals surface area (Å²) < 4.78 is 0. The van der Waals surface area contributed by atoms with Gasteiger partial charge in [0.15, 0.2) is 5.13 Å². The number of carbonyl (C=O) groups is 1. The molecule has 0 bridgehead atoms. The molecule has 0 aliphatic carbocycles. The topological polar surface area (TPSA) is 68.0 Å². The average Bonchev–Trinajstić information content (AvgIpc) is 2.70. The van der Waals surface area contributed by atoms with Crippen LogP contribution in [0.25, 0.3) is 0 Å². The van der Waals surface area contributed by atoms with E-state index in [2.05, 4.69) is 10.3 Å². The molecule has 0 aliphatic rings. The second kappa shape index (κ2) is 4.10. The number of benzene rings is 1. The molecular formula is C10H9N3OS. The van der Waals surface area contributed by atoms with Crippen molar-refractivity contribution in [2.45, 2.75) is 0 Å². The molecule has 0 atom stereocenters. The smallest absolute Gasteiger partial charge is 0.257 e. The molecule has 0 saturated carbocycles. The van der Waals surface area contributed by atoms with E-state index in [1.165, 1.54) is 11.3 Å². The Bertz CT molecular complexity index is 467. The zero-order chi connectivity index (χ0) is 10.7. The molecule has 76 valence electrons. The molecule has 0 fully saturated rings. The molecular weight excluding hydrogens is 210 g/mol. The van der Waals surface area contributed by atoms with E-state index in [4.69, 9.17) is 5.73 Å². The van der Waals surface area contributed by atoms with Gasteiger partial charge >= 0.3 is 0 Å². The first kappa shape index (κ1) is 9.67. The second-order valence-corrected chi connectivity index (χ2v) is 3.81. The number of amides is 1. The highest BCUT2D eigenvalue weighted by atomic mass is 32.1. The molecule has 1 aromatic heterocycles. The number of rotatable bonds is 2. The standard InChI is InChI=1S/C10H9N3OS/c11-8-3-1-2-7(6-8)9(14)13-10-12-4-5-15-10/h1-6H,11H2,(H,12,13,14). The Labute approximate surface area is 90.8 Å². The summed E-state index contributed by atoms with van der Waals surface area (Å²) >= 11 is 1.38. The number of hydrogen-bond acceptors (Lipinski definition) is 4. The normalized spacial score (nSPS) is 9.87. The Morgan fingerprint density at radius 3 is 3.00 bits per heavy atom. The second-order valence-electron chi connectivity index (χ2n) is 2.92. The maximum atomic E-state index is 11.7. The van der Waals surface area contributed by atoms with Crippen molar-refractivity contribution >= 4 is 28.1 Å². The van der Waals surface area contributed by atoms with Crippen LogP contribution in [0, 0.1) is 0 Å². The first-order valence-corrected chi connectivity index (χ1v) is 5.20. The Morgan fingerprint density at radius 2 is 2.33 bits per heavy atom. The summed E-state index contributed by atoms with van der Waals surface area (Å²) in [7, 11) is 0. The van der Waals surface area contributed by atoms with Crippen LogP contribution in [0.4, 0.5) is 10.8 Å². The first-order valence-electron chi connectivity index (χ1n) is 4.32. The summed E-state index contributed by atoms with van der Waals surface area (Å²) in [6.07, 6.45) is 1.64. The summed E-state index contributed by atoms with van der Waals surface area (Å²) in [5.74, 6) is -0.197. The van der Waals surface area contributed by atoms with Crippen molar-refractivity contribution in [3.8, 4) is 0 Å². The third-order valence-corrected chi connectivity index (χ3v) is 2.49. The molecule has 0 aliphatic heterocycles. The molecule has 0 spiro atoms. The van der Waals surface area contributed by atoms with Gasteiger partial charge in [0, 0.05) is 22.8 Å². The average molecular weight is 219 g/mol. The summed E-state index contributed by atoms with van der Waals surface area (Å²) in [5, 5.41) is 5.06. The molecule has 2 rings (SSSR count). The van der Waals surface area contributed by atoms with Crippen molar-refractivity contribution in [3.63, 3.8) is 0 Å². The molecule has 0 saturated heterocycles. The van der Waals surface area contributed by atoms with Crippen LogP contribution in [0.1, 0.15) is 10.4 Å². The van der Waals surface area contributed by atoms with Crippen molar-refractivity contribution < 1.29 is 4.79 Å². The van der Waals surface area contributed by atoms with Crippen molar-refractivity contribution in [2.24, 2.45) is 0 Å². The molecule has 1 aromatic carbocycles. The van der Waals surface area contributed by atoms with Crippen LogP contribution < -0.4 is 11.1 Å². The fourth-order valence-electron chi connectivity index (χ4n) is 1.13. The highest BCUT2D eigenvalue weighted by Gasteiger charge is 2.06. The largest absolute Gasteiger partial charge is 0.399 e. The van der Waals surface area contributed by atoms with Crippen LogP contribution in [-0.4, -0.2) is 10.9 Å². The van der Waals surface area contributed by atoms with Crippen molar-refractivity contribution in [2.75, 3.05) is 11.1 Å². The zero-order valence-corrected chi connectivity index (χ0v) is 8.62. The lowest BCUT2D eigenvalue weighted by atomic mass is 10.2. The number of carbonyl (C=O) groups excluding carboxylic acids is 1. The lowest BCUT2D eigenvalue weighted by Crippen LogP contribution is -2.11. The van der Waals surface area contributed by atoms with Gasteiger partial charge in [-0.15, -0.1) is 11.3 Å². The molecule has 2 aromatic rings. The van der Waals surface area contributed by atoms with Gasteiger partial charge in [0.2, 0.25) is 0 Å². The molecule has 0 radical (unpaired) electrons. The van der Waals surface area contributed by atoms with E-state index in [0.717, 1.165) is 0 Å². The zero-order valence-electron chi connectivity index (χ0n) is 7.81. The summed E-state index contributed by atoms with van der Waals surface area (Å²) in [4.78, 5) is 15.6. The lowest BCUT2D eigenvalue weighted by Gasteiger charge is -2.01. The lowest BCUT2D eigenvalue weighted by molar-refractivity contribution is 0.102. The number of nitrogen functional groups attached to an aromatic ring is 1. The maximum Gasteiger partial charge on any atom is 0.257 e. The Hall–Kier alpha value is -1.88. The Kier molecular flexibility index (Phi) is 2.64. The summed E-state index contributed by atoms with van der Waals surface area (Å²) in [6, 6.07) is 6.81. The number of nitrogens with zero attached hydrogens (tertiary/aromatic N) is 1. The predicted octanol–water partition coefficient (Wildman–Crippen LogP) is 1.98. The van der Waals surface area contributed by atoms with E-state index >= 15 is 0 Å². The van der Waals surface area contributed by atoms with Crippen LogP contribution in [-0.2, 0) is 0 Å². The minimum Gasteiger partial charge on any atom is -0.399 e. The highest BCUT2D eigenvalue weighted by Crippen LogP contribution is 2.13. The number of anilines is 2. The summed E-state index contributed by atoms with van der Waals surface area (Å²) in [6.45, 7) is 0. The summed E-state index contributed by atoms with van der Waals surface area (Å²) in [5.41, 5.74) is 6.68. The highest BCUT2D eigenvalue weighted by molar-refractivity contribution is 7.13. The molecule has 4 nitrogen and oxygen atoms in total. The SMILES string of the molecule is Nc1cccc(C(=O)Nc2nccs2)c1. The van der Waals surface area contributed by atoms with Crippen molar-refractivity contribution in [1.29, 1.82) is 0 Å². The van der Waals surface area contributed by atoms with E-state index in [1.54, 1.807) is 35.8 Å². The van der Waals surface area contributed by atoms with E-state index in [1.807, 2.05) is 0 Å². The minimum absolute atomic E-state index is 0.197. The van der Waals surface area contributed by atoms with E-state index < -0.39 is 0 Å². The quantitative estimate of drug-likeness (QED) is 0.759. The van der Waals surface area contributed by atoms with Gasteiger partial charge in [-0.25, -0.2) is 4.98 Å². The number of nitrogens with two attached hydrogens (primary N) is 1. The van der Waals surface area contributed by atoms with Gasteiger partial charge in [0.1, 0.15) is 0 Å². The van der Waals surface area contributed by atoms with E-state index in [9.17, 15) is 4.79 Å². The number of thiazole rings is 1. The van der Waals surface area contributed by atoms with Gasteiger partial charge in [-0.3, -0.25) is 10.1 Å². The third-order valence-electron chi connectivity index (χ3n) is 1.80. The van der Waals surface area contributed by atoms with Gasteiger partial charge in [0.05, 0.1) is 0 Å². The number of nitrogens with one attached hydrogen (secondary N) is 1. The van der Waals surface area contributed by atoms with Gasteiger partial charge in [0.25, 0.3) is 5.91 Å². The van der Waals surface area contributed by atoms with Gasteiger partial charge in [-0.2, -0.15) is 0 Å². The van der Waals surface area contributed by atoms with Crippen molar-refractivity contribution in [1.82, 2.24) is 4.98 Å². The molecule has 1 amide bonds. The van der Waals surface area contributed by atoms with Crippen molar-refractivity contribution in [3.05, 3.63) is 41.4 Å². The molecule has 3 N–H and O–H groups in total. The third kappa shape index (κ3) is 2.32. The van der Waals surface area contributed by atoms with Gasteiger partial charge in [-0.1, -0.05) is 6.07 Å². The molecule has 5 heteroatoms. The minimum atomic E-state index is -0.197. The van der Waals surface area contributed by atoms with Gasteiger partial charge < -0.3 is 5.73 Å². The Morgan fingerprint density at radius 1 is 1.47 bits per heavy atom. The fraction of sp³-hybridized carbons (Fsp3) is 0. The number of aromatic nitrogens is 1. The van der Waals surface area contributed by atoms with Gasteiger partial charge in [-0.05, 0) is 18.2 Å². The molecule has 1 heterocycles. The monoisotopic (exact) mass is 219 g/mol. The maximum absolute atomic E-state index is 11.7. The Balaban J connectivity index is 2.15. The van der Waals surface area contributed by atoms with Crippen LogP contribution in [0.2, 0.25) is 0 Å². The van der Waals surface area contributed by atoms with Crippen LogP contribution in [0.3, 0.4) is 0 Å². The number of hydrogen-bond donors (Lipinski definition) is 2. The van der Waals surface area contributed by atoms with E-state index in [-0.39, 0.29) is 5.91 Å². The van der Waals surface area contributed by atoms with E-state index in [0.29, 0.717) is 16.4 Å². The first-order chi connectivity index (χ1) is 7.25.